The molecule has 0 radical (unpaired) electrons. The molecule has 1 fully saturated rings. The second-order valence-electron chi connectivity index (χ2n) is 5.78. The van der Waals surface area contributed by atoms with Gasteiger partial charge in [-0.15, -0.1) is 0 Å². The number of halogens is 3. The minimum Gasteiger partial charge on any atom is -0.489 e. The van der Waals surface area contributed by atoms with E-state index in [2.05, 4.69) is 0 Å². The van der Waals surface area contributed by atoms with Crippen LogP contribution in [0, 0.1) is 0 Å². The number of carbonyl (C=O) groups is 1. The largest absolute Gasteiger partial charge is 0.489 e. The Kier molecular flexibility index (Phi) is 4.22. The fourth-order valence-corrected chi connectivity index (χ4v) is 2.58. The molecule has 0 aliphatic heterocycles. The van der Waals surface area contributed by atoms with E-state index in [-0.39, 0.29) is 18.1 Å². The van der Waals surface area contributed by atoms with Gasteiger partial charge in [-0.05, 0) is 48.6 Å². The number of carboxylic acid groups (broad SMARTS) is 1. The lowest BCUT2D eigenvalue weighted by Gasteiger charge is -2.15. The van der Waals surface area contributed by atoms with E-state index < -0.39 is 17.7 Å². The summed E-state index contributed by atoms with van der Waals surface area (Å²) in [5, 5.41) is 9.16. The Balaban J connectivity index is 1.84. The zero-order chi connectivity index (χ0) is 17.3. The highest BCUT2D eigenvalue weighted by Gasteiger charge is 2.34. The molecule has 24 heavy (non-hydrogen) atoms. The molecule has 1 saturated carbocycles. The van der Waals surface area contributed by atoms with Gasteiger partial charge in [0.25, 0.3) is 0 Å². The number of rotatable bonds is 5. The predicted octanol–water partition coefficient (Wildman–Crippen LogP) is 4.86. The van der Waals surface area contributed by atoms with Crippen molar-refractivity contribution in [2.45, 2.75) is 31.5 Å². The molecule has 0 spiro atoms. The van der Waals surface area contributed by atoms with Gasteiger partial charge in [-0.2, -0.15) is 13.2 Å². The molecule has 1 aliphatic rings. The molecule has 0 atom stereocenters. The monoisotopic (exact) mass is 336 g/mol. The molecule has 2 aromatic rings. The Morgan fingerprint density at radius 1 is 1.17 bits per heavy atom. The van der Waals surface area contributed by atoms with E-state index in [0.29, 0.717) is 16.9 Å². The van der Waals surface area contributed by atoms with Crippen LogP contribution in [0.2, 0.25) is 0 Å². The van der Waals surface area contributed by atoms with Crippen molar-refractivity contribution in [3.05, 3.63) is 64.7 Å². The second-order valence-corrected chi connectivity index (χ2v) is 5.78. The van der Waals surface area contributed by atoms with Gasteiger partial charge in [0, 0.05) is 5.56 Å². The van der Waals surface area contributed by atoms with Crippen molar-refractivity contribution in [1.29, 1.82) is 0 Å². The summed E-state index contributed by atoms with van der Waals surface area (Å²) in [4.78, 5) is 11.2. The van der Waals surface area contributed by atoms with Crippen LogP contribution in [0.5, 0.6) is 5.75 Å². The standard InChI is InChI=1S/C18H15F3O3/c19-18(20,21)13-7-8-16(15(9-13)11-5-6-11)24-10-12-3-1-2-4-14(12)17(22)23/h1-4,7-9,11H,5-6,10H2,(H,22,23). The van der Waals surface area contributed by atoms with Crippen molar-refractivity contribution in [3.8, 4) is 5.75 Å². The van der Waals surface area contributed by atoms with E-state index in [0.717, 1.165) is 25.0 Å². The lowest BCUT2D eigenvalue weighted by atomic mass is 10.0. The summed E-state index contributed by atoms with van der Waals surface area (Å²) in [5.74, 6) is -0.605. The SMILES string of the molecule is O=C(O)c1ccccc1COc1ccc(C(F)(F)F)cc1C1CC1. The first kappa shape index (κ1) is 16.4. The van der Waals surface area contributed by atoms with Crippen molar-refractivity contribution in [2.24, 2.45) is 0 Å². The first-order valence-electron chi connectivity index (χ1n) is 7.51. The fourth-order valence-electron chi connectivity index (χ4n) is 2.58. The third-order valence-corrected chi connectivity index (χ3v) is 3.99. The van der Waals surface area contributed by atoms with Crippen molar-refractivity contribution in [1.82, 2.24) is 0 Å². The summed E-state index contributed by atoms with van der Waals surface area (Å²) in [6.45, 7) is -0.00639. The highest BCUT2D eigenvalue weighted by atomic mass is 19.4. The summed E-state index contributed by atoms with van der Waals surface area (Å²) in [5.41, 5.74) is 0.448. The smallest absolute Gasteiger partial charge is 0.416 e. The first-order valence-corrected chi connectivity index (χ1v) is 7.51. The lowest BCUT2D eigenvalue weighted by Crippen LogP contribution is -2.08. The van der Waals surface area contributed by atoms with Gasteiger partial charge in [-0.1, -0.05) is 18.2 Å². The Hall–Kier alpha value is -2.50. The first-order chi connectivity index (χ1) is 11.4. The van der Waals surface area contributed by atoms with Crippen LogP contribution in [0.15, 0.2) is 42.5 Å². The number of carboxylic acids is 1. The van der Waals surface area contributed by atoms with Crippen LogP contribution >= 0.6 is 0 Å². The van der Waals surface area contributed by atoms with Gasteiger partial charge in [-0.25, -0.2) is 4.79 Å². The summed E-state index contributed by atoms with van der Waals surface area (Å²) >= 11 is 0. The number of benzene rings is 2. The van der Waals surface area contributed by atoms with E-state index in [1.807, 2.05) is 0 Å². The van der Waals surface area contributed by atoms with E-state index in [1.165, 1.54) is 12.1 Å². The van der Waals surface area contributed by atoms with Gasteiger partial charge < -0.3 is 9.84 Å². The fraction of sp³-hybridized carbons (Fsp3) is 0.278. The quantitative estimate of drug-likeness (QED) is 0.848. The maximum absolute atomic E-state index is 12.9. The normalized spacial score (nSPS) is 14.5. The average Bonchev–Trinajstić information content (AvgIpc) is 3.37. The van der Waals surface area contributed by atoms with Crippen LogP contribution in [0.3, 0.4) is 0 Å². The minimum absolute atomic E-state index is 0.00639. The Morgan fingerprint density at radius 2 is 1.88 bits per heavy atom. The summed E-state index contributed by atoms with van der Waals surface area (Å²) < 4.78 is 44.3. The molecule has 0 amide bonds. The number of aromatic carboxylic acids is 1. The van der Waals surface area contributed by atoms with E-state index >= 15 is 0 Å². The third-order valence-electron chi connectivity index (χ3n) is 3.99. The Bertz CT molecular complexity index is 764. The third kappa shape index (κ3) is 3.53. The van der Waals surface area contributed by atoms with Crippen LogP contribution in [0.1, 0.15) is 45.8 Å². The Morgan fingerprint density at radius 3 is 2.50 bits per heavy atom. The zero-order valence-corrected chi connectivity index (χ0v) is 12.6. The van der Waals surface area contributed by atoms with Crippen molar-refractivity contribution >= 4 is 5.97 Å². The molecule has 0 heterocycles. The summed E-state index contributed by atoms with van der Waals surface area (Å²) in [6.07, 6.45) is -2.72. The molecule has 126 valence electrons. The molecule has 0 saturated heterocycles. The van der Waals surface area contributed by atoms with E-state index in [9.17, 15) is 18.0 Å². The van der Waals surface area contributed by atoms with E-state index in [1.54, 1.807) is 18.2 Å². The number of hydrogen-bond acceptors (Lipinski definition) is 2. The van der Waals surface area contributed by atoms with Gasteiger partial charge in [0.05, 0.1) is 11.1 Å². The molecule has 1 N–H and O–H groups in total. The zero-order valence-electron chi connectivity index (χ0n) is 12.6. The lowest BCUT2D eigenvalue weighted by molar-refractivity contribution is -0.137. The maximum Gasteiger partial charge on any atom is 0.416 e. The van der Waals surface area contributed by atoms with Crippen LogP contribution in [0.4, 0.5) is 13.2 Å². The minimum atomic E-state index is -4.39. The molecular formula is C18H15F3O3. The van der Waals surface area contributed by atoms with Crippen LogP contribution < -0.4 is 4.74 Å². The number of alkyl halides is 3. The maximum atomic E-state index is 12.9. The molecule has 1 aliphatic carbocycles. The van der Waals surface area contributed by atoms with Gasteiger partial charge in [0.15, 0.2) is 0 Å². The molecular weight excluding hydrogens is 321 g/mol. The summed E-state index contributed by atoms with van der Waals surface area (Å²) in [7, 11) is 0. The van der Waals surface area contributed by atoms with Gasteiger partial charge >= 0.3 is 12.1 Å². The van der Waals surface area contributed by atoms with Crippen LogP contribution in [-0.2, 0) is 12.8 Å². The molecule has 0 unspecified atom stereocenters. The molecule has 0 aromatic heterocycles. The van der Waals surface area contributed by atoms with Gasteiger partial charge in [0.2, 0.25) is 0 Å². The molecule has 0 bridgehead atoms. The molecule has 3 nitrogen and oxygen atoms in total. The topological polar surface area (TPSA) is 46.5 Å². The Labute approximate surface area is 136 Å². The van der Waals surface area contributed by atoms with Crippen LogP contribution in [-0.4, -0.2) is 11.1 Å². The van der Waals surface area contributed by atoms with Crippen LogP contribution in [0.25, 0.3) is 0 Å². The molecule has 6 heteroatoms. The highest BCUT2D eigenvalue weighted by Crippen LogP contribution is 2.46. The highest BCUT2D eigenvalue weighted by molar-refractivity contribution is 5.89. The van der Waals surface area contributed by atoms with Crippen molar-refractivity contribution in [2.75, 3.05) is 0 Å². The van der Waals surface area contributed by atoms with Gasteiger partial charge in [-0.3, -0.25) is 0 Å². The second kappa shape index (κ2) is 6.19. The number of hydrogen-bond donors (Lipinski definition) is 1. The average molecular weight is 336 g/mol. The predicted molar refractivity (Wildman–Crippen MR) is 81.2 cm³/mol. The molecule has 3 rings (SSSR count). The molecule has 2 aromatic carbocycles. The summed E-state index contributed by atoms with van der Waals surface area (Å²) in [6, 6.07) is 9.85. The van der Waals surface area contributed by atoms with Crippen molar-refractivity contribution < 1.29 is 27.8 Å². The number of ether oxygens (including phenoxy) is 1. The van der Waals surface area contributed by atoms with E-state index in [4.69, 9.17) is 9.84 Å². The van der Waals surface area contributed by atoms with Crippen molar-refractivity contribution in [3.63, 3.8) is 0 Å². The van der Waals surface area contributed by atoms with Gasteiger partial charge in [0.1, 0.15) is 12.4 Å².